The molecule has 0 amide bonds. The maximum Gasteiger partial charge on any atom is 0.191 e. The average Bonchev–Trinajstić information content (AvgIpc) is 3.08. The summed E-state index contributed by atoms with van der Waals surface area (Å²) < 4.78 is 2.18. The monoisotopic (exact) mass is 363 g/mol. The van der Waals surface area contributed by atoms with E-state index >= 15 is 0 Å². The fourth-order valence-electron chi connectivity index (χ4n) is 2.90. The van der Waals surface area contributed by atoms with Crippen LogP contribution in [0.25, 0.3) is 11.0 Å². The van der Waals surface area contributed by atoms with E-state index in [4.69, 9.17) is 0 Å². The normalized spacial score (nSPS) is 11.9. The third-order valence-electron chi connectivity index (χ3n) is 4.34. The molecule has 0 aliphatic rings. The predicted molar refractivity (Wildman–Crippen MR) is 113 cm³/mol. The molecule has 0 aliphatic carbocycles. The lowest BCUT2D eigenvalue weighted by molar-refractivity contribution is 0.615. The summed E-state index contributed by atoms with van der Waals surface area (Å²) in [5.74, 6) is 1.47. The molecule has 0 atom stereocenters. The van der Waals surface area contributed by atoms with Crippen LogP contribution < -0.4 is 10.6 Å². The highest BCUT2D eigenvalue weighted by molar-refractivity contribution is 5.79. The molecule has 0 saturated carbocycles. The molecule has 5 nitrogen and oxygen atoms in total. The molecule has 0 aliphatic heterocycles. The second-order valence-electron chi connectivity index (χ2n) is 7.15. The first-order valence-electron chi connectivity index (χ1n) is 9.65. The van der Waals surface area contributed by atoms with Gasteiger partial charge in [0.05, 0.1) is 23.9 Å². The van der Waals surface area contributed by atoms with Gasteiger partial charge in [0.1, 0.15) is 0 Å². The van der Waals surface area contributed by atoms with Crippen LogP contribution in [0.1, 0.15) is 31.9 Å². The smallest absolute Gasteiger partial charge is 0.191 e. The van der Waals surface area contributed by atoms with Gasteiger partial charge in [-0.05, 0) is 36.1 Å². The van der Waals surface area contributed by atoms with Crippen LogP contribution in [0, 0.1) is 5.92 Å². The van der Waals surface area contributed by atoms with Gasteiger partial charge in [-0.15, -0.1) is 0 Å². The number of benzene rings is 2. The molecule has 3 rings (SSSR count). The van der Waals surface area contributed by atoms with E-state index < -0.39 is 0 Å². The van der Waals surface area contributed by atoms with Crippen molar-refractivity contribution < 1.29 is 0 Å². The minimum Gasteiger partial charge on any atom is -0.357 e. The van der Waals surface area contributed by atoms with Crippen LogP contribution in [0.15, 0.2) is 59.9 Å². The van der Waals surface area contributed by atoms with Gasteiger partial charge in [0, 0.05) is 19.6 Å². The van der Waals surface area contributed by atoms with E-state index in [1.807, 2.05) is 18.5 Å². The summed E-state index contributed by atoms with van der Waals surface area (Å²) in [4.78, 5) is 9.14. The zero-order chi connectivity index (χ0) is 19.1. The molecule has 2 aromatic carbocycles. The van der Waals surface area contributed by atoms with Crippen LogP contribution in [-0.2, 0) is 13.1 Å². The van der Waals surface area contributed by atoms with Crippen LogP contribution in [-0.4, -0.2) is 28.6 Å². The van der Waals surface area contributed by atoms with Crippen molar-refractivity contribution in [2.75, 3.05) is 13.1 Å². The minimum atomic E-state index is 0.590. The van der Waals surface area contributed by atoms with Gasteiger partial charge in [-0.1, -0.05) is 50.2 Å². The molecule has 142 valence electrons. The number of imidazole rings is 1. The van der Waals surface area contributed by atoms with Crippen molar-refractivity contribution >= 4 is 17.0 Å². The third-order valence-corrected chi connectivity index (χ3v) is 4.34. The number of para-hydroxylation sites is 2. The Hall–Kier alpha value is -2.82. The molecule has 27 heavy (non-hydrogen) atoms. The summed E-state index contributed by atoms with van der Waals surface area (Å²) in [6.07, 6.45) is 1.91. The zero-order valence-corrected chi connectivity index (χ0v) is 16.4. The van der Waals surface area contributed by atoms with Crippen molar-refractivity contribution in [2.24, 2.45) is 10.9 Å². The van der Waals surface area contributed by atoms with Crippen LogP contribution in [0.5, 0.6) is 0 Å². The summed E-state index contributed by atoms with van der Waals surface area (Å²) >= 11 is 0. The lowest BCUT2D eigenvalue weighted by atomic mass is 10.1. The molecule has 0 spiro atoms. The highest BCUT2D eigenvalue weighted by atomic mass is 15.2. The van der Waals surface area contributed by atoms with Crippen molar-refractivity contribution in [1.82, 2.24) is 20.2 Å². The van der Waals surface area contributed by atoms with Crippen molar-refractivity contribution in [3.8, 4) is 0 Å². The highest BCUT2D eigenvalue weighted by Crippen LogP contribution is 2.14. The fraction of sp³-hybridized carbons (Fsp3) is 0.364. The van der Waals surface area contributed by atoms with Gasteiger partial charge in [0.15, 0.2) is 5.96 Å². The molecular weight excluding hydrogens is 334 g/mol. The summed E-state index contributed by atoms with van der Waals surface area (Å²) in [7, 11) is 0. The van der Waals surface area contributed by atoms with Gasteiger partial charge in [-0.25, -0.2) is 9.98 Å². The number of rotatable bonds is 7. The van der Waals surface area contributed by atoms with E-state index in [2.05, 4.69) is 82.3 Å². The Balaban J connectivity index is 1.63. The lowest BCUT2D eigenvalue weighted by Gasteiger charge is -2.13. The molecule has 0 unspecified atom stereocenters. The SMILES string of the molecule is CCNC(=NCc1ccc(Cn2cnc3ccccc32)cc1)NCC(C)C. The Morgan fingerprint density at radius 3 is 2.52 bits per heavy atom. The standard InChI is InChI=1S/C22H29N5/c1-4-23-22(24-13-17(2)3)25-14-18-9-11-19(12-10-18)15-27-16-26-20-7-5-6-8-21(20)27/h5-12,16-17H,4,13-15H2,1-3H3,(H2,23,24,25). The van der Waals surface area contributed by atoms with Crippen molar-refractivity contribution in [3.63, 3.8) is 0 Å². The van der Waals surface area contributed by atoms with Crippen LogP contribution in [0.4, 0.5) is 0 Å². The summed E-state index contributed by atoms with van der Waals surface area (Å²) in [5.41, 5.74) is 4.66. The number of hydrogen-bond acceptors (Lipinski definition) is 2. The Kier molecular flexibility index (Phi) is 6.47. The predicted octanol–water partition coefficient (Wildman–Crippen LogP) is 3.80. The molecule has 2 N–H and O–H groups in total. The Bertz CT molecular complexity index is 877. The van der Waals surface area contributed by atoms with E-state index in [1.54, 1.807) is 0 Å². The molecule has 0 saturated heterocycles. The molecule has 0 radical (unpaired) electrons. The van der Waals surface area contributed by atoms with E-state index in [1.165, 1.54) is 11.1 Å². The molecule has 0 bridgehead atoms. The van der Waals surface area contributed by atoms with Gasteiger partial charge in [-0.2, -0.15) is 0 Å². The van der Waals surface area contributed by atoms with Gasteiger partial charge in [0.25, 0.3) is 0 Å². The first-order chi connectivity index (χ1) is 13.2. The summed E-state index contributed by atoms with van der Waals surface area (Å²) in [5, 5.41) is 6.67. The van der Waals surface area contributed by atoms with Crippen molar-refractivity contribution in [1.29, 1.82) is 0 Å². The van der Waals surface area contributed by atoms with Crippen molar-refractivity contribution in [2.45, 2.75) is 33.9 Å². The Labute approximate surface area is 161 Å². The third kappa shape index (κ3) is 5.33. The average molecular weight is 364 g/mol. The number of nitrogens with one attached hydrogen (secondary N) is 2. The van der Waals surface area contributed by atoms with Gasteiger partial charge < -0.3 is 15.2 Å². The molecule has 5 heteroatoms. The molecular formula is C22H29N5. The summed E-state index contributed by atoms with van der Waals surface area (Å²) in [6.45, 7) is 9.74. The quantitative estimate of drug-likeness (QED) is 0.496. The maximum atomic E-state index is 4.68. The van der Waals surface area contributed by atoms with E-state index in [9.17, 15) is 0 Å². The largest absolute Gasteiger partial charge is 0.357 e. The maximum absolute atomic E-state index is 4.68. The van der Waals surface area contributed by atoms with E-state index in [-0.39, 0.29) is 0 Å². The van der Waals surface area contributed by atoms with Crippen molar-refractivity contribution in [3.05, 3.63) is 66.0 Å². The fourth-order valence-corrected chi connectivity index (χ4v) is 2.90. The van der Waals surface area contributed by atoms with Crippen LogP contribution in [0.3, 0.4) is 0 Å². The molecule has 3 aromatic rings. The Morgan fingerprint density at radius 1 is 1.04 bits per heavy atom. The topological polar surface area (TPSA) is 54.2 Å². The van der Waals surface area contributed by atoms with Gasteiger partial charge in [0.2, 0.25) is 0 Å². The van der Waals surface area contributed by atoms with Gasteiger partial charge in [-0.3, -0.25) is 0 Å². The molecule has 1 aromatic heterocycles. The highest BCUT2D eigenvalue weighted by Gasteiger charge is 2.03. The second kappa shape index (κ2) is 9.21. The number of fused-ring (bicyclic) bond motifs is 1. The number of aliphatic imine (C=N–C) groups is 1. The first-order valence-corrected chi connectivity index (χ1v) is 9.65. The van der Waals surface area contributed by atoms with Gasteiger partial charge >= 0.3 is 0 Å². The van der Waals surface area contributed by atoms with E-state index in [0.717, 1.165) is 36.6 Å². The number of hydrogen-bond donors (Lipinski definition) is 2. The second-order valence-corrected chi connectivity index (χ2v) is 7.15. The number of nitrogens with zero attached hydrogens (tertiary/aromatic N) is 3. The lowest BCUT2D eigenvalue weighted by Crippen LogP contribution is -2.39. The van der Waals surface area contributed by atoms with E-state index in [0.29, 0.717) is 12.5 Å². The minimum absolute atomic E-state index is 0.590. The Morgan fingerprint density at radius 2 is 1.78 bits per heavy atom. The summed E-state index contributed by atoms with van der Waals surface area (Å²) in [6, 6.07) is 16.9. The number of aromatic nitrogens is 2. The van der Waals surface area contributed by atoms with Crippen LogP contribution >= 0.6 is 0 Å². The molecule has 1 heterocycles. The first kappa shape index (κ1) is 19.0. The van der Waals surface area contributed by atoms with Crippen LogP contribution in [0.2, 0.25) is 0 Å². The molecule has 0 fully saturated rings. The number of guanidine groups is 1. The zero-order valence-electron chi connectivity index (χ0n) is 16.4.